The van der Waals surface area contributed by atoms with Crippen molar-refractivity contribution < 1.29 is 9.53 Å². The van der Waals surface area contributed by atoms with Crippen LogP contribution in [-0.2, 0) is 36.1 Å². The highest BCUT2D eigenvalue weighted by Crippen LogP contribution is 2.26. The number of carbonyl (C=O) groups excluding carboxylic acids is 1. The summed E-state index contributed by atoms with van der Waals surface area (Å²) < 4.78 is 7.23. The molecule has 1 fully saturated rings. The van der Waals surface area contributed by atoms with Crippen molar-refractivity contribution in [3.8, 4) is 0 Å². The van der Waals surface area contributed by atoms with E-state index in [1.165, 1.54) is 11.1 Å². The van der Waals surface area contributed by atoms with E-state index >= 15 is 0 Å². The number of hydrogen-bond donors (Lipinski definition) is 1. The van der Waals surface area contributed by atoms with E-state index in [1.807, 2.05) is 25.6 Å². The van der Waals surface area contributed by atoms with Crippen LogP contribution in [0.2, 0.25) is 0 Å². The van der Waals surface area contributed by atoms with Crippen LogP contribution in [0.5, 0.6) is 0 Å². The predicted octanol–water partition coefficient (Wildman–Crippen LogP) is 2.97. The average molecular weight is 436 g/mol. The monoisotopic (exact) mass is 435 g/mol. The normalized spacial score (nSPS) is 14.8. The standard InChI is InChI=1S/C25H33N5O2/c1-17-22(18(2)27-25-24(17)19(3)28-29(25)4)9-10-23(31)26-15-20-5-7-21(8-6-20)16-30-11-13-32-14-12-30/h5-8H,9-16H2,1-4H3,(H,26,31). The molecule has 3 aromatic rings. The van der Waals surface area contributed by atoms with Gasteiger partial charge in [0.1, 0.15) is 0 Å². The maximum Gasteiger partial charge on any atom is 0.220 e. The third-order valence-electron chi connectivity index (χ3n) is 6.35. The van der Waals surface area contributed by atoms with E-state index in [1.54, 1.807) is 0 Å². The number of pyridine rings is 1. The fourth-order valence-electron chi connectivity index (χ4n) is 4.54. The molecule has 1 aliphatic heterocycles. The SMILES string of the molecule is Cc1nc2c(c(C)nn2C)c(C)c1CCC(=O)NCc1ccc(CN2CCOCC2)cc1. The molecular formula is C25H33N5O2. The number of morpholine rings is 1. The van der Waals surface area contributed by atoms with Crippen LogP contribution in [0, 0.1) is 20.8 Å². The molecule has 7 nitrogen and oxygen atoms in total. The van der Waals surface area contributed by atoms with E-state index in [-0.39, 0.29) is 5.91 Å². The fraction of sp³-hybridized carbons (Fsp3) is 0.480. The van der Waals surface area contributed by atoms with Crippen LogP contribution in [0.1, 0.15) is 40.1 Å². The summed E-state index contributed by atoms with van der Waals surface area (Å²) in [5.41, 5.74) is 7.60. The van der Waals surface area contributed by atoms with Crippen molar-refractivity contribution >= 4 is 16.9 Å². The number of aromatic nitrogens is 3. The van der Waals surface area contributed by atoms with Crippen LogP contribution in [0.4, 0.5) is 0 Å². The van der Waals surface area contributed by atoms with Gasteiger partial charge >= 0.3 is 0 Å². The van der Waals surface area contributed by atoms with Gasteiger partial charge in [0.25, 0.3) is 0 Å². The molecule has 4 rings (SSSR count). The van der Waals surface area contributed by atoms with E-state index in [4.69, 9.17) is 9.72 Å². The molecule has 0 bridgehead atoms. The molecular weight excluding hydrogens is 402 g/mol. The van der Waals surface area contributed by atoms with Gasteiger partial charge in [-0.1, -0.05) is 24.3 Å². The van der Waals surface area contributed by atoms with Crippen molar-refractivity contribution in [2.45, 2.75) is 46.7 Å². The molecule has 0 spiro atoms. The first-order valence-electron chi connectivity index (χ1n) is 11.4. The van der Waals surface area contributed by atoms with Gasteiger partial charge in [0.2, 0.25) is 5.91 Å². The molecule has 170 valence electrons. The van der Waals surface area contributed by atoms with Crippen molar-refractivity contribution in [3.05, 3.63) is 57.9 Å². The summed E-state index contributed by atoms with van der Waals surface area (Å²) in [7, 11) is 1.92. The van der Waals surface area contributed by atoms with Gasteiger partial charge in [-0.05, 0) is 49.4 Å². The summed E-state index contributed by atoms with van der Waals surface area (Å²) in [4.78, 5) is 19.7. The summed E-state index contributed by atoms with van der Waals surface area (Å²) >= 11 is 0. The highest BCUT2D eigenvalue weighted by Gasteiger charge is 2.16. The Labute approximate surface area is 189 Å². The summed E-state index contributed by atoms with van der Waals surface area (Å²) in [5, 5.41) is 8.66. The topological polar surface area (TPSA) is 72.3 Å². The maximum absolute atomic E-state index is 12.5. The molecule has 1 aliphatic rings. The smallest absolute Gasteiger partial charge is 0.220 e. The number of nitrogens with zero attached hydrogens (tertiary/aromatic N) is 4. The molecule has 1 saturated heterocycles. The first-order valence-corrected chi connectivity index (χ1v) is 11.4. The molecule has 3 heterocycles. The second kappa shape index (κ2) is 9.79. The van der Waals surface area contributed by atoms with Crippen LogP contribution in [0.3, 0.4) is 0 Å². The number of ether oxygens (including phenoxy) is 1. The number of fused-ring (bicyclic) bond motifs is 1. The third-order valence-corrected chi connectivity index (χ3v) is 6.35. The Morgan fingerprint density at radius 2 is 1.75 bits per heavy atom. The van der Waals surface area contributed by atoms with E-state index in [0.29, 0.717) is 19.4 Å². The van der Waals surface area contributed by atoms with E-state index in [2.05, 4.69) is 46.5 Å². The second-order valence-electron chi connectivity index (χ2n) is 8.69. The van der Waals surface area contributed by atoms with Gasteiger partial charge in [-0.3, -0.25) is 14.4 Å². The molecule has 1 N–H and O–H groups in total. The molecule has 0 aliphatic carbocycles. The minimum absolute atomic E-state index is 0.0594. The number of benzene rings is 1. The summed E-state index contributed by atoms with van der Waals surface area (Å²) in [6.07, 6.45) is 1.13. The van der Waals surface area contributed by atoms with Gasteiger partial charge in [-0.2, -0.15) is 5.10 Å². The Kier molecular flexibility index (Phi) is 6.86. The molecule has 7 heteroatoms. The molecule has 0 radical (unpaired) electrons. The first kappa shape index (κ1) is 22.4. The summed E-state index contributed by atoms with van der Waals surface area (Å²) in [5.74, 6) is 0.0594. The molecule has 1 amide bonds. The van der Waals surface area contributed by atoms with Gasteiger partial charge < -0.3 is 10.1 Å². The highest BCUT2D eigenvalue weighted by molar-refractivity contribution is 5.84. The van der Waals surface area contributed by atoms with Crippen LogP contribution < -0.4 is 5.32 Å². The first-order chi connectivity index (χ1) is 15.4. The lowest BCUT2D eigenvalue weighted by Crippen LogP contribution is -2.35. The lowest BCUT2D eigenvalue weighted by atomic mass is 9.99. The van der Waals surface area contributed by atoms with Crippen molar-refractivity contribution in [1.82, 2.24) is 25.0 Å². The van der Waals surface area contributed by atoms with Gasteiger partial charge in [0.05, 0.1) is 18.9 Å². The number of carbonyl (C=O) groups is 1. The quantitative estimate of drug-likeness (QED) is 0.618. The zero-order chi connectivity index (χ0) is 22.7. The second-order valence-corrected chi connectivity index (χ2v) is 8.69. The van der Waals surface area contributed by atoms with Crippen LogP contribution in [0.25, 0.3) is 11.0 Å². The van der Waals surface area contributed by atoms with Crippen LogP contribution in [0.15, 0.2) is 24.3 Å². The Morgan fingerprint density at radius 1 is 1.06 bits per heavy atom. The van der Waals surface area contributed by atoms with Gasteiger partial charge in [0.15, 0.2) is 5.65 Å². The number of rotatable bonds is 7. The minimum Gasteiger partial charge on any atom is -0.379 e. The Hall–Kier alpha value is -2.77. The lowest BCUT2D eigenvalue weighted by molar-refractivity contribution is -0.121. The lowest BCUT2D eigenvalue weighted by Gasteiger charge is -2.26. The Balaban J connectivity index is 1.30. The average Bonchev–Trinajstić information content (AvgIpc) is 3.07. The number of hydrogen-bond acceptors (Lipinski definition) is 5. The van der Waals surface area contributed by atoms with E-state index in [0.717, 1.165) is 66.4 Å². The summed E-state index contributed by atoms with van der Waals surface area (Å²) in [6, 6.07) is 8.52. The summed E-state index contributed by atoms with van der Waals surface area (Å²) in [6.45, 7) is 11.2. The number of nitrogens with one attached hydrogen (secondary N) is 1. The third kappa shape index (κ3) is 5.00. The molecule has 2 aromatic heterocycles. The van der Waals surface area contributed by atoms with Gasteiger partial charge in [-0.25, -0.2) is 4.98 Å². The molecule has 0 unspecified atom stereocenters. The number of aryl methyl sites for hydroxylation is 4. The predicted molar refractivity (Wildman–Crippen MR) is 125 cm³/mol. The largest absolute Gasteiger partial charge is 0.379 e. The van der Waals surface area contributed by atoms with Crippen LogP contribution >= 0.6 is 0 Å². The van der Waals surface area contributed by atoms with E-state index < -0.39 is 0 Å². The van der Waals surface area contributed by atoms with Crippen molar-refractivity contribution in [3.63, 3.8) is 0 Å². The van der Waals surface area contributed by atoms with Crippen molar-refractivity contribution in [2.24, 2.45) is 7.05 Å². The zero-order valence-electron chi connectivity index (χ0n) is 19.6. The number of amides is 1. The molecule has 1 aromatic carbocycles. The fourth-order valence-corrected chi connectivity index (χ4v) is 4.54. The molecule has 0 atom stereocenters. The van der Waals surface area contributed by atoms with Crippen molar-refractivity contribution in [1.29, 1.82) is 0 Å². The zero-order valence-corrected chi connectivity index (χ0v) is 19.6. The molecule has 32 heavy (non-hydrogen) atoms. The Morgan fingerprint density at radius 3 is 2.47 bits per heavy atom. The maximum atomic E-state index is 12.5. The van der Waals surface area contributed by atoms with Gasteiger partial charge in [0, 0.05) is 50.7 Å². The van der Waals surface area contributed by atoms with Crippen LogP contribution in [-0.4, -0.2) is 51.9 Å². The minimum atomic E-state index is 0.0594. The Bertz CT molecular complexity index is 1100. The van der Waals surface area contributed by atoms with E-state index in [9.17, 15) is 4.79 Å². The van der Waals surface area contributed by atoms with Gasteiger partial charge in [-0.15, -0.1) is 0 Å². The van der Waals surface area contributed by atoms with Crippen molar-refractivity contribution in [2.75, 3.05) is 26.3 Å². The molecule has 0 saturated carbocycles. The highest BCUT2D eigenvalue weighted by atomic mass is 16.5.